The van der Waals surface area contributed by atoms with E-state index in [0.717, 1.165) is 15.3 Å². The number of halogens is 6. The van der Waals surface area contributed by atoms with Gasteiger partial charge < -0.3 is 5.11 Å². The Morgan fingerprint density at radius 2 is 1.76 bits per heavy atom. The molecule has 0 saturated carbocycles. The van der Waals surface area contributed by atoms with E-state index in [-0.39, 0.29) is 17.9 Å². The van der Waals surface area contributed by atoms with Crippen molar-refractivity contribution < 1.29 is 27.1 Å². The highest BCUT2D eigenvalue weighted by atomic mass is 35.5. The van der Waals surface area contributed by atoms with Crippen molar-refractivity contribution in [1.29, 1.82) is 0 Å². The Bertz CT molecular complexity index is 1380. The predicted octanol–water partition coefficient (Wildman–Crippen LogP) is 4.26. The van der Waals surface area contributed by atoms with Crippen molar-refractivity contribution in [1.82, 2.24) is 19.8 Å². The number of nitrogens with one attached hydrogen (secondary N) is 1. The molecule has 0 bridgehead atoms. The van der Waals surface area contributed by atoms with Crippen LogP contribution in [0.4, 0.5) is 27.6 Å². The number of hydrazine groups is 1. The number of nitrogens with zero attached hydrogens (tertiary/aromatic N) is 5. The van der Waals surface area contributed by atoms with Gasteiger partial charge in [-0.2, -0.15) is 22.0 Å². The van der Waals surface area contributed by atoms with Gasteiger partial charge in [0.2, 0.25) is 0 Å². The second-order valence-corrected chi connectivity index (χ2v) is 9.20. The van der Waals surface area contributed by atoms with Crippen molar-refractivity contribution in [3.8, 4) is 11.4 Å². The molecular formula is C24H24ClF5N6O2. The topological polar surface area (TPSA) is 87.7 Å². The third kappa shape index (κ3) is 5.74. The van der Waals surface area contributed by atoms with Gasteiger partial charge in [0.1, 0.15) is 6.17 Å². The number of hydrogen-bond acceptors (Lipinski definition) is 6. The van der Waals surface area contributed by atoms with Gasteiger partial charge in [-0.3, -0.25) is 9.58 Å². The zero-order valence-electron chi connectivity index (χ0n) is 20.3. The van der Waals surface area contributed by atoms with Gasteiger partial charge in [0.05, 0.1) is 18.8 Å². The number of rotatable bonds is 8. The maximum absolute atomic E-state index is 14.5. The van der Waals surface area contributed by atoms with Gasteiger partial charge in [0, 0.05) is 17.5 Å². The minimum Gasteiger partial charge on any atom is -0.382 e. The van der Waals surface area contributed by atoms with Gasteiger partial charge in [0.25, 0.3) is 0 Å². The lowest BCUT2D eigenvalue weighted by Crippen LogP contribution is -2.48. The summed E-state index contributed by atoms with van der Waals surface area (Å²) < 4.78 is 69.8. The molecule has 3 aromatic rings. The Balaban J connectivity index is 1.72. The first-order chi connectivity index (χ1) is 17.8. The molecule has 2 N–H and O–H groups in total. The van der Waals surface area contributed by atoms with Gasteiger partial charge in [-0.05, 0) is 42.3 Å². The monoisotopic (exact) mass is 558 g/mol. The van der Waals surface area contributed by atoms with E-state index in [4.69, 9.17) is 11.6 Å². The first-order valence-electron chi connectivity index (χ1n) is 11.6. The van der Waals surface area contributed by atoms with E-state index in [1.54, 1.807) is 24.3 Å². The number of anilines is 1. The summed E-state index contributed by atoms with van der Waals surface area (Å²) in [5, 5.41) is 15.3. The SMILES string of the molecule is CCc1ccccc1N1NC(Cn2nc(-c3ccc(Cl)cc3)n(C[C@H](O)C(F)(F)F)c2=O)N=C1C(C)(F)F. The zero-order valence-corrected chi connectivity index (χ0v) is 21.0. The van der Waals surface area contributed by atoms with Crippen LogP contribution in [0.1, 0.15) is 19.4 Å². The van der Waals surface area contributed by atoms with Gasteiger partial charge in [-0.25, -0.2) is 19.9 Å². The average Bonchev–Trinajstić information content (AvgIpc) is 3.41. The first-order valence-corrected chi connectivity index (χ1v) is 12.0. The minimum atomic E-state index is -4.98. The summed E-state index contributed by atoms with van der Waals surface area (Å²) in [5.74, 6) is -4.09. The molecule has 38 heavy (non-hydrogen) atoms. The van der Waals surface area contributed by atoms with Gasteiger partial charge in [0.15, 0.2) is 17.8 Å². The van der Waals surface area contributed by atoms with Crippen molar-refractivity contribution in [3.63, 3.8) is 0 Å². The Hall–Kier alpha value is -3.29. The molecule has 2 atom stereocenters. The average molecular weight is 559 g/mol. The summed E-state index contributed by atoms with van der Waals surface area (Å²) in [7, 11) is 0. The number of benzene rings is 2. The third-order valence-electron chi connectivity index (χ3n) is 5.88. The number of aliphatic hydroxyl groups excluding tert-OH is 1. The lowest BCUT2D eigenvalue weighted by molar-refractivity contribution is -0.207. The van der Waals surface area contributed by atoms with Crippen molar-refractivity contribution in [2.45, 2.75) is 57.7 Å². The molecule has 0 radical (unpaired) electrons. The second-order valence-electron chi connectivity index (χ2n) is 8.77. The Morgan fingerprint density at radius 1 is 1.11 bits per heavy atom. The lowest BCUT2D eigenvalue weighted by atomic mass is 10.1. The van der Waals surface area contributed by atoms with Crippen LogP contribution in [0.5, 0.6) is 0 Å². The smallest absolute Gasteiger partial charge is 0.382 e. The van der Waals surface area contributed by atoms with Gasteiger partial charge in [-0.15, -0.1) is 5.10 Å². The molecule has 0 fully saturated rings. The number of aromatic nitrogens is 3. The van der Waals surface area contributed by atoms with Crippen LogP contribution in [0.15, 0.2) is 58.3 Å². The molecule has 1 unspecified atom stereocenters. The molecule has 0 amide bonds. The highest BCUT2D eigenvalue weighted by Gasteiger charge is 2.42. The number of aliphatic imine (C=N–C) groups is 1. The number of para-hydroxylation sites is 1. The summed E-state index contributed by atoms with van der Waals surface area (Å²) in [5.41, 5.74) is 3.35. The Morgan fingerprint density at radius 3 is 2.37 bits per heavy atom. The van der Waals surface area contributed by atoms with Gasteiger partial charge in [-0.1, -0.05) is 36.7 Å². The standard InChI is InChI=1S/C24H24ClF5N6O2/c1-3-14-6-4-5-7-17(14)36-21(23(2,26)27)31-19(32-36)13-35-22(38)34(12-18(37)24(28,29)30)20(33-35)15-8-10-16(25)11-9-15/h4-11,18-19,32,37H,3,12-13H2,1-2H3/t18-,19?/m0/s1. The van der Waals surface area contributed by atoms with Crippen molar-refractivity contribution in [3.05, 3.63) is 69.6 Å². The van der Waals surface area contributed by atoms with Crippen LogP contribution < -0.4 is 16.1 Å². The van der Waals surface area contributed by atoms with E-state index in [1.165, 1.54) is 24.3 Å². The molecule has 2 aromatic carbocycles. The largest absolute Gasteiger partial charge is 0.416 e. The molecule has 1 aliphatic heterocycles. The molecule has 0 aliphatic carbocycles. The highest BCUT2D eigenvalue weighted by molar-refractivity contribution is 6.30. The van der Waals surface area contributed by atoms with Crippen molar-refractivity contribution in [2.24, 2.45) is 4.99 Å². The Kier molecular flexibility index (Phi) is 7.64. The minimum absolute atomic E-state index is 0.161. The quantitative estimate of drug-likeness (QED) is 0.404. The number of hydrogen-bond donors (Lipinski definition) is 2. The molecule has 4 rings (SSSR count). The van der Waals surface area contributed by atoms with Gasteiger partial charge >= 0.3 is 17.8 Å². The maximum Gasteiger partial charge on any atom is 0.416 e. The first kappa shape index (κ1) is 27.7. The van der Waals surface area contributed by atoms with Crippen LogP contribution in [0.2, 0.25) is 5.02 Å². The van der Waals surface area contributed by atoms with E-state index in [1.807, 2.05) is 6.92 Å². The molecule has 1 aliphatic rings. The van der Waals surface area contributed by atoms with Crippen molar-refractivity contribution >= 4 is 23.1 Å². The third-order valence-corrected chi connectivity index (χ3v) is 6.13. The Labute approximate surface area is 218 Å². The van der Waals surface area contributed by atoms with E-state index in [2.05, 4.69) is 15.5 Å². The van der Waals surface area contributed by atoms with E-state index >= 15 is 0 Å². The second kappa shape index (κ2) is 10.5. The van der Waals surface area contributed by atoms with E-state index in [0.29, 0.717) is 28.6 Å². The van der Waals surface area contributed by atoms with Crippen LogP contribution in [0.3, 0.4) is 0 Å². The number of aryl methyl sites for hydroxylation is 1. The normalized spacial score (nSPS) is 17.1. The zero-order chi connectivity index (χ0) is 27.8. The molecule has 0 spiro atoms. The summed E-state index contributed by atoms with van der Waals surface area (Å²) in [6.45, 7) is 1.07. The fourth-order valence-electron chi connectivity index (χ4n) is 4.02. The molecule has 2 heterocycles. The van der Waals surface area contributed by atoms with Crippen LogP contribution in [-0.4, -0.2) is 49.7 Å². The lowest BCUT2D eigenvalue weighted by Gasteiger charge is -2.26. The molecule has 1 aromatic heterocycles. The molecule has 8 nitrogen and oxygen atoms in total. The maximum atomic E-state index is 14.5. The fourth-order valence-corrected chi connectivity index (χ4v) is 4.15. The summed E-state index contributed by atoms with van der Waals surface area (Å²) in [6, 6.07) is 12.7. The predicted molar refractivity (Wildman–Crippen MR) is 132 cm³/mol. The van der Waals surface area contributed by atoms with Crippen LogP contribution in [-0.2, 0) is 19.5 Å². The number of amidine groups is 1. The number of aliphatic hydroxyl groups is 1. The van der Waals surface area contributed by atoms with E-state index < -0.39 is 42.4 Å². The van der Waals surface area contributed by atoms with Crippen LogP contribution in [0.25, 0.3) is 11.4 Å². The molecule has 14 heteroatoms. The molecule has 0 saturated heterocycles. The van der Waals surface area contributed by atoms with Crippen LogP contribution in [0, 0.1) is 0 Å². The summed E-state index contributed by atoms with van der Waals surface area (Å²) >= 11 is 5.90. The summed E-state index contributed by atoms with van der Waals surface area (Å²) in [4.78, 5) is 17.2. The molecular weight excluding hydrogens is 535 g/mol. The van der Waals surface area contributed by atoms with Crippen molar-refractivity contribution in [2.75, 3.05) is 5.01 Å². The highest BCUT2D eigenvalue weighted by Crippen LogP contribution is 2.29. The summed E-state index contributed by atoms with van der Waals surface area (Å²) in [6.07, 6.45) is -8.35. The molecule has 204 valence electrons. The fraction of sp³-hybridized carbons (Fsp3) is 0.375. The number of alkyl halides is 5. The van der Waals surface area contributed by atoms with Crippen LogP contribution >= 0.6 is 11.6 Å². The van der Waals surface area contributed by atoms with E-state index in [9.17, 15) is 31.9 Å².